The van der Waals surface area contributed by atoms with E-state index in [0.717, 1.165) is 6.42 Å². The van der Waals surface area contributed by atoms with E-state index < -0.39 is 0 Å². The van der Waals surface area contributed by atoms with Gasteiger partial charge in [0.2, 0.25) is 0 Å². The summed E-state index contributed by atoms with van der Waals surface area (Å²) in [5.41, 5.74) is 2.55. The van der Waals surface area contributed by atoms with Crippen molar-refractivity contribution in [3.63, 3.8) is 0 Å². The first kappa shape index (κ1) is 15.2. The van der Waals surface area contributed by atoms with E-state index in [1.165, 1.54) is 18.2 Å². The number of benzene rings is 1. The smallest absolute Gasteiger partial charge is 0.320 e. The molecule has 0 radical (unpaired) electrons. The van der Waals surface area contributed by atoms with E-state index in [2.05, 4.69) is 64.1 Å². The normalized spacial score (nSPS) is 14.0. The predicted molar refractivity (Wildman–Crippen MR) is 77.0 cm³/mol. The van der Waals surface area contributed by atoms with Gasteiger partial charge in [-0.3, -0.25) is 4.79 Å². The van der Waals surface area contributed by atoms with Crippen LogP contribution in [0.3, 0.4) is 0 Å². The first-order valence-corrected chi connectivity index (χ1v) is 7.04. The number of halogens is 1. The summed E-state index contributed by atoms with van der Waals surface area (Å²) in [7, 11) is 1.39. The van der Waals surface area contributed by atoms with Gasteiger partial charge in [0.25, 0.3) is 0 Å². The van der Waals surface area contributed by atoms with E-state index in [9.17, 15) is 4.79 Å². The Morgan fingerprint density at radius 2 is 2.00 bits per heavy atom. The van der Waals surface area contributed by atoms with Crippen molar-refractivity contribution in [2.45, 2.75) is 31.1 Å². The third kappa shape index (κ3) is 4.42. The second-order valence-electron chi connectivity index (χ2n) is 4.22. The Kier molecular flexibility index (Phi) is 6.36. The summed E-state index contributed by atoms with van der Waals surface area (Å²) < 4.78 is 4.65. The first-order valence-electron chi connectivity index (χ1n) is 6.12. The minimum Gasteiger partial charge on any atom is -0.468 e. The van der Waals surface area contributed by atoms with Gasteiger partial charge in [-0.25, -0.2) is 0 Å². The molecule has 1 rings (SSSR count). The van der Waals surface area contributed by atoms with Crippen molar-refractivity contribution in [3.8, 4) is 0 Å². The molecule has 100 valence electrons. The Bertz CT molecular complexity index is 378. The van der Waals surface area contributed by atoms with E-state index in [0.29, 0.717) is 6.54 Å². The largest absolute Gasteiger partial charge is 0.468 e. The lowest BCUT2D eigenvalue weighted by atomic mass is 10.1. The molecule has 0 spiro atoms. The van der Waals surface area contributed by atoms with Gasteiger partial charge < -0.3 is 10.1 Å². The Morgan fingerprint density at radius 3 is 2.50 bits per heavy atom. The molecule has 1 aromatic carbocycles. The lowest BCUT2D eigenvalue weighted by Gasteiger charge is -2.16. The van der Waals surface area contributed by atoms with Crippen molar-refractivity contribution < 1.29 is 9.53 Å². The highest BCUT2D eigenvalue weighted by Gasteiger charge is 2.16. The van der Waals surface area contributed by atoms with Crippen LogP contribution in [0.15, 0.2) is 24.3 Å². The highest BCUT2D eigenvalue weighted by Crippen LogP contribution is 2.14. The van der Waals surface area contributed by atoms with Gasteiger partial charge in [-0.15, -0.1) is 0 Å². The number of methoxy groups -OCH3 is 1. The number of esters is 1. The minimum absolute atomic E-state index is 0.209. The van der Waals surface area contributed by atoms with Crippen LogP contribution in [0.2, 0.25) is 0 Å². The monoisotopic (exact) mass is 313 g/mol. The molecule has 0 heterocycles. The fourth-order valence-electron chi connectivity index (χ4n) is 1.65. The summed E-state index contributed by atoms with van der Waals surface area (Å²) in [4.78, 5) is 10.9. The van der Waals surface area contributed by atoms with Crippen LogP contribution in [0.25, 0.3) is 0 Å². The van der Waals surface area contributed by atoms with Crippen LogP contribution >= 0.6 is 15.9 Å². The van der Waals surface area contributed by atoms with Gasteiger partial charge in [-0.05, 0) is 24.5 Å². The molecule has 1 N–H and O–H groups in total. The van der Waals surface area contributed by atoms with Gasteiger partial charge >= 0.3 is 5.97 Å². The highest BCUT2D eigenvalue weighted by atomic mass is 79.9. The summed E-state index contributed by atoms with van der Waals surface area (Å²) in [6.07, 6.45) is 1.05. The molecular formula is C14H20BrNO2. The summed E-state index contributed by atoms with van der Waals surface area (Å²) in [6, 6.07) is 8.73. The number of rotatable bonds is 6. The van der Waals surface area contributed by atoms with E-state index in [1.807, 2.05) is 0 Å². The zero-order valence-corrected chi connectivity index (χ0v) is 12.7. The van der Waals surface area contributed by atoms with E-state index >= 15 is 0 Å². The first-order chi connectivity index (χ1) is 8.58. The Balaban J connectivity index is 2.49. The molecule has 0 bridgehead atoms. The van der Waals surface area contributed by atoms with Crippen molar-refractivity contribution in [2.24, 2.45) is 0 Å². The molecule has 0 saturated carbocycles. The third-order valence-corrected chi connectivity index (χ3v) is 3.65. The van der Waals surface area contributed by atoms with E-state index in [4.69, 9.17) is 0 Å². The fourth-order valence-corrected chi connectivity index (χ4v) is 2.03. The zero-order chi connectivity index (χ0) is 13.5. The van der Waals surface area contributed by atoms with E-state index in [-0.39, 0.29) is 16.8 Å². The lowest BCUT2D eigenvalue weighted by molar-refractivity contribution is -0.139. The zero-order valence-electron chi connectivity index (χ0n) is 11.1. The van der Waals surface area contributed by atoms with Gasteiger partial charge in [0.1, 0.15) is 4.83 Å². The number of hydrogen-bond donors (Lipinski definition) is 1. The molecule has 0 saturated heterocycles. The maximum atomic E-state index is 11.2. The average molecular weight is 314 g/mol. The molecule has 2 unspecified atom stereocenters. The van der Waals surface area contributed by atoms with Crippen molar-refractivity contribution >= 4 is 21.9 Å². The number of carbonyl (C=O) groups excluding carboxylic acids is 1. The lowest BCUT2D eigenvalue weighted by Crippen LogP contribution is -2.31. The second kappa shape index (κ2) is 7.54. The number of aryl methyl sites for hydroxylation is 1. The predicted octanol–water partition coefficient (Wildman–Crippen LogP) is 2.84. The van der Waals surface area contributed by atoms with Gasteiger partial charge in [0.05, 0.1) is 7.11 Å². The second-order valence-corrected chi connectivity index (χ2v) is 5.32. The summed E-state index contributed by atoms with van der Waals surface area (Å²) in [6.45, 7) is 4.77. The number of nitrogens with one attached hydrogen (secondary N) is 1. The molecule has 0 amide bonds. The summed E-state index contributed by atoms with van der Waals surface area (Å²) >= 11 is 3.29. The Labute approximate surface area is 117 Å². The van der Waals surface area contributed by atoms with Crippen molar-refractivity contribution in [2.75, 3.05) is 13.7 Å². The van der Waals surface area contributed by atoms with Crippen LogP contribution in [0.5, 0.6) is 0 Å². The molecule has 0 aliphatic rings. The average Bonchev–Trinajstić information content (AvgIpc) is 2.43. The Hall–Kier alpha value is -0.870. The van der Waals surface area contributed by atoms with Crippen LogP contribution in [-0.4, -0.2) is 24.5 Å². The SMILES string of the molecule is CCc1ccc(C(C)NCC(Br)C(=O)OC)cc1. The topological polar surface area (TPSA) is 38.3 Å². The molecule has 1 aromatic rings. The molecule has 3 nitrogen and oxygen atoms in total. The molecule has 0 aromatic heterocycles. The molecular weight excluding hydrogens is 294 g/mol. The fraction of sp³-hybridized carbons (Fsp3) is 0.500. The molecule has 18 heavy (non-hydrogen) atoms. The standard InChI is InChI=1S/C14H20BrNO2/c1-4-11-5-7-12(8-6-11)10(2)16-9-13(15)14(17)18-3/h5-8,10,13,16H,4,9H2,1-3H3. The van der Waals surface area contributed by atoms with Gasteiger partial charge in [-0.1, -0.05) is 47.1 Å². The summed E-state index contributed by atoms with van der Waals surface area (Å²) in [5.74, 6) is -0.254. The number of hydrogen-bond acceptors (Lipinski definition) is 3. The van der Waals surface area contributed by atoms with Gasteiger partial charge in [-0.2, -0.15) is 0 Å². The van der Waals surface area contributed by atoms with Crippen molar-refractivity contribution in [1.82, 2.24) is 5.32 Å². The third-order valence-electron chi connectivity index (χ3n) is 2.95. The molecule has 4 heteroatoms. The van der Waals surface area contributed by atoms with Crippen molar-refractivity contribution in [3.05, 3.63) is 35.4 Å². The van der Waals surface area contributed by atoms with Crippen molar-refractivity contribution in [1.29, 1.82) is 0 Å². The Morgan fingerprint density at radius 1 is 1.39 bits per heavy atom. The van der Waals surface area contributed by atoms with Crippen LogP contribution in [0.4, 0.5) is 0 Å². The maximum Gasteiger partial charge on any atom is 0.320 e. The molecule has 0 fully saturated rings. The molecule has 2 atom stereocenters. The van der Waals surface area contributed by atoms with Gasteiger partial charge in [0, 0.05) is 12.6 Å². The highest BCUT2D eigenvalue weighted by molar-refractivity contribution is 9.10. The van der Waals surface area contributed by atoms with Crippen LogP contribution in [0, 0.1) is 0 Å². The number of ether oxygens (including phenoxy) is 1. The van der Waals surface area contributed by atoms with Crippen LogP contribution in [0.1, 0.15) is 31.0 Å². The molecule has 0 aliphatic heterocycles. The molecule has 0 aliphatic carbocycles. The summed E-state index contributed by atoms with van der Waals surface area (Å²) in [5, 5.41) is 3.30. The number of carbonyl (C=O) groups is 1. The van der Waals surface area contributed by atoms with Crippen LogP contribution < -0.4 is 5.32 Å². The van der Waals surface area contributed by atoms with Crippen LogP contribution in [-0.2, 0) is 16.0 Å². The maximum absolute atomic E-state index is 11.2. The van der Waals surface area contributed by atoms with Gasteiger partial charge in [0.15, 0.2) is 0 Å². The van der Waals surface area contributed by atoms with E-state index in [1.54, 1.807) is 0 Å². The quantitative estimate of drug-likeness (QED) is 0.648. The number of alkyl halides is 1. The minimum atomic E-state index is -0.306.